The van der Waals surface area contributed by atoms with E-state index >= 15 is 0 Å². The summed E-state index contributed by atoms with van der Waals surface area (Å²) in [6, 6.07) is 8.83. The molecule has 1 aliphatic heterocycles. The number of rotatable bonds is 2. The molecule has 2 rings (SSSR count). The number of nitrogens with one attached hydrogen (secondary N) is 1. The van der Waals surface area contributed by atoms with E-state index in [4.69, 9.17) is 5.73 Å². The summed E-state index contributed by atoms with van der Waals surface area (Å²) >= 11 is 0. The van der Waals surface area contributed by atoms with Crippen LogP contribution < -0.4 is 16.2 Å². The summed E-state index contributed by atoms with van der Waals surface area (Å²) in [5.74, 6) is 0. The van der Waals surface area contributed by atoms with Gasteiger partial charge in [0.2, 0.25) is 0 Å². The number of hydrogen-bond donors (Lipinski definition) is 2. The fourth-order valence-corrected chi connectivity index (χ4v) is 1.95. The summed E-state index contributed by atoms with van der Waals surface area (Å²) in [6.45, 7) is 3.86. The predicted molar refractivity (Wildman–Crippen MR) is 59.1 cm³/mol. The molecule has 0 radical (unpaired) electrons. The van der Waals surface area contributed by atoms with Crippen LogP contribution >= 0.6 is 0 Å². The van der Waals surface area contributed by atoms with E-state index in [1.165, 1.54) is 11.3 Å². The van der Waals surface area contributed by atoms with Gasteiger partial charge in [-0.3, -0.25) is 0 Å². The minimum absolute atomic E-state index is 0.441. The van der Waals surface area contributed by atoms with Crippen LogP contribution in [0.2, 0.25) is 0 Å². The predicted octanol–water partition coefficient (Wildman–Crippen LogP) is 1.04. The molecule has 1 aromatic carbocycles. The third-order valence-electron chi connectivity index (χ3n) is 2.77. The topological polar surface area (TPSA) is 41.3 Å². The maximum atomic E-state index is 5.73. The lowest BCUT2D eigenvalue weighted by atomic mass is 10.1. The summed E-state index contributed by atoms with van der Waals surface area (Å²) in [5, 5.41) is 2.20. The Bertz CT molecular complexity index is 311. The van der Waals surface area contributed by atoms with Crippen LogP contribution in [0.3, 0.4) is 0 Å². The molecule has 0 aromatic heterocycles. The molecule has 1 atom stereocenters. The molecule has 1 saturated heterocycles. The van der Waals surface area contributed by atoms with Crippen molar-refractivity contribution in [2.45, 2.75) is 19.4 Å². The van der Waals surface area contributed by atoms with Crippen LogP contribution in [0.1, 0.15) is 12.0 Å². The van der Waals surface area contributed by atoms with E-state index in [-0.39, 0.29) is 0 Å². The fourth-order valence-electron chi connectivity index (χ4n) is 1.95. The maximum Gasteiger partial charge on any atom is 0.0590 e. The number of nitrogens with two attached hydrogens (primary N) is 1. The van der Waals surface area contributed by atoms with E-state index < -0.39 is 0 Å². The average Bonchev–Trinajstić information content (AvgIpc) is 2.66. The Morgan fingerprint density at radius 2 is 2.29 bits per heavy atom. The first-order valence-corrected chi connectivity index (χ1v) is 5.11. The van der Waals surface area contributed by atoms with Crippen LogP contribution in [0.4, 0.5) is 5.69 Å². The van der Waals surface area contributed by atoms with Gasteiger partial charge in [0.25, 0.3) is 0 Å². The van der Waals surface area contributed by atoms with Gasteiger partial charge in [-0.1, -0.05) is 18.2 Å². The number of hydrogen-bond acceptors (Lipinski definition) is 3. The molecule has 0 amide bonds. The first-order chi connectivity index (χ1) is 6.83. The molecule has 1 unspecified atom stereocenters. The lowest BCUT2D eigenvalue weighted by molar-refractivity contribution is 0.651. The van der Waals surface area contributed by atoms with Crippen LogP contribution in [-0.4, -0.2) is 19.1 Å². The molecule has 0 saturated carbocycles. The van der Waals surface area contributed by atoms with Crippen molar-refractivity contribution in [3.63, 3.8) is 0 Å². The molecule has 3 heteroatoms. The molecule has 0 spiro atoms. The van der Waals surface area contributed by atoms with Crippen LogP contribution in [0.15, 0.2) is 24.3 Å². The normalized spacial score (nSPS) is 21.6. The molecular weight excluding hydrogens is 174 g/mol. The van der Waals surface area contributed by atoms with Crippen molar-refractivity contribution in [2.24, 2.45) is 5.73 Å². The average molecular weight is 191 g/mol. The molecule has 0 bridgehead atoms. The Kier molecular flexibility index (Phi) is 2.70. The van der Waals surface area contributed by atoms with Gasteiger partial charge >= 0.3 is 0 Å². The van der Waals surface area contributed by atoms with E-state index in [2.05, 4.69) is 41.6 Å². The largest absolute Gasteiger partial charge is 0.328 e. The number of benzene rings is 1. The highest BCUT2D eigenvalue weighted by Gasteiger charge is 2.23. The maximum absolute atomic E-state index is 5.73. The number of aryl methyl sites for hydroxylation is 1. The standard InChI is InChI=1S/C11H17N3/c1-9-4-2-3-5-11(9)14-10(8-12)6-7-13-14/h2-5,10,13H,6-8,12H2,1H3. The van der Waals surface area contributed by atoms with Gasteiger partial charge in [-0.2, -0.15) is 0 Å². The van der Waals surface area contributed by atoms with Gasteiger partial charge in [0, 0.05) is 13.1 Å². The summed E-state index contributed by atoms with van der Waals surface area (Å²) in [4.78, 5) is 0. The number of nitrogens with zero attached hydrogens (tertiary/aromatic N) is 1. The van der Waals surface area contributed by atoms with Crippen molar-refractivity contribution in [1.29, 1.82) is 0 Å². The molecule has 3 nitrogen and oxygen atoms in total. The van der Waals surface area contributed by atoms with Crippen LogP contribution in [0, 0.1) is 6.92 Å². The van der Waals surface area contributed by atoms with Crippen LogP contribution in [-0.2, 0) is 0 Å². The minimum atomic E-state index is 0.441. The second kappa shape index (κ2) is 3.98. The number of para-hydroxylation sites is 1. The van der Waals surface area contributed by atoms with Gasteiger partial charge in [0.05, 0.1) is 11.7 Å². The summed E-state index contributed by atoms with van der Waals surface area (Å²) < 4.78 is 0. The summed E-state index contributed by atoms with van der Waals surface area (Å²) in [6.07, 6.45) is 1.13. The Morgan fingerprint density at radius 3 is 3.00 bits per heavy atom. The van der Waals surface area contributed by atoms with Gasteiger partial charge in [0.1, 0.15) is 0 Å². The van der Waals surface area contributed by atoms with E-state index in [0.717, 1.165) is 13.0 Å². The van der Waals surface area contributed by atoms with E-state index in [1.54, 1.807) is 0 Å². The van der Waals surface area contributed by atoms with Crippen molar-refractivity contribution in [1.82, 2.24) is 5.43 Å². The van der Waals surface area contributed by atoms with Crippen molar-refractivity contribution >= 4 is 5.69 Å². The first kappa shape index (κ1) is 9.49. The van der Waals surface area contributed by atoms with Crippen molar-refractivity contribution in [3.05, 3.63) is 29.8 Å². The molecule has 14 heavy (non-hydrogen) atoms. The zero-order chi connectivity index (χ0) is 9.97. The highest BCUT2D eigenvalue weighted by atomic mass is 15.5. The second-order valence-electron chi connectivity index (χ2n) is 3.74. The molecule has 0 aliphatic carbocycles. The molecule has 1 aliphatic rings. The number of anilines is 1. The Labute approximate surface area is 84.9 Å². The first-order valence-electron chi connectivity index (χ1n) is 5.11. The zero-order valence-electron chi connectivity index (χ0n) is 8.53. The fraction of sp³-hybridized carbons (Fsp3) is 0.455. The highest BCUT2D eigenvalue weighted by molar-refractivity contribution is 5.53. The molecule has 1 aromatic rings. The molecule has 3 N–H and O–H groups in total. The van der Waals surface area contributed by atoms with E-state index in [9.17, 15) is 0 Å². The Morgan fingerprint density at radius 1 is 1.50 bits per heavy atom. The van der Waals surface area contributed by atoms with E-state index in [0.29, 0.717) is 12.6 Å². The zero-order valence-corrected chi connectivity index (χ0v) is 8.53. The monoisotopic (exact) mass is 191 g/mol. The van der Waals surface area contributed by atoms with Gasteiger partial charge in [-0.15, -0.1) is 0 Å². The molecular formula is C11H17N3. The van der Waals surface area contributed by atoms with Gasteiger partial charge in [0.15, 0.2) is 0 Å². The summed E-state index contributed by atoms with van der Waals surface area (Å²) in [7, 11) is 0. The van der Waals surface area contributed by atoms with Gasteiger partial charge in [-0.25, -0.2) is 5.43 Å². The van der Waals surface area contributed by atoms with E-state index in [1.807, 2.05) is 0 Å². The van der Waals surface area contributed by atoms with Crippen molar-refractivity contribution in [3.8, 4) is 0 Å². The molecule has 76 valence electrons. The minimum Gasteiger partial charge on any atom is -0.328 e. The highest BCUT2D eigenvalue weighted by Crippen LogP contribution is 2.23. The summed E-state index contributed by atoms with van der Waals surface area (Å²) in [5.41, 5.74) is 11.6. The van der Waals surface area contributed by atoms with Crippen molar-refractivity contribution in [2.75, 3.05) is 18.1 Å². The molecule has 1 fully saturated rings. The molecule has 1 heterocycles. The lowest BCUT2D eigenvalue weighted by Gasteiger charge is -2.26. The third kappa shape index (κ3) is 1.61. The lowest BCUT2D eigenvalue weighted by Crippen LogP contribution is -2.41. The third-order valence-corrected chi connectivity index (χ3v) is 2.77. The van der Waals surface area contributed by atoms with Gasteiger partial charge < -0.3 is 10.7 Å². The Balaban J connectivity index is 2.26. The number of hydrazine groups is 1. The van der Waals surface area contributed by atoms with Crippen LogP contribution in [0.25, 0.3) is 0 Å². The quantitative estimate of drug-likeness (QED) is 0.734. The second-order valence-corrected chi connectivity index (χ2v) is 3.74. The SMILES string of the molecule is Cc1ccccc1N1NCCC1CN. The Hall–Kier alpha value is -1.06. The van der Waals surface area contributed by atoms with Crippen LogP contribution in [0.5, 0.6) is 0 Å². The van der Waals surface area contributed by atoms with Crippen molar-refractivity contribution < 1.29 is 0 Å². The van der Waals surface area contributed by atoms with Gasteiger partial charge in [-0.05, 0) is 25.0 Å². The smallest absolute Gasteiger partial charge is 0.0590 e.